The molecule has 0 aliphatic carbocycles. The Bertz CT molecular complexity index is 1960. The van der Waals surface area contributed by atoms with Crippen LogP contribution in [0, 0.1) is 18.6 Å². The first-order valence-corrected chi connectivity index (χ1v) is 13.5. The van der Waals surface area contributed by atoms with Gasteiger partial charge in [0.15, 0.2) is 11.6 Å². The average molecular weight is 599 g/mol. The summed E-state index contributed by atoms with van der Waals surface area (Å²) in [6, 6.07) is 15.8. The summed E-state index contributed by atoms with van der Waals surface area (Å²) in [5.74, 6) is -2.54. The zero-order valence-electron chi connectivity index (χ0n) is 24.1. The third kappa shape index (κ3) is 6.38. The number of halogens is 2. The predicted octanol–water partition coefficient (Wildman–Crippen LogP) is 4.74. The minimum atomic E-state index is -1.01. The number of fused-ring (bicyclic) bond motifs is 1. The van der Waals surface area contributed by atoms with E-state index in [1.54, 1.807) is 50.5 Å². The van der Waals surface area contributed by atoms with E-state index >= 15 is 0 Å². The number of rotatable bonds is 9. The monoisotopic (exact) mass is 598 g/mol. The number of carbonyl (C=O) groups excluding carboxylic acids is 2. The molecule has 0 unspecified atom stereocenters. The molecule has 12 heteroatoms. The maximum Gasteiger partial charge on any atom is 0.337 e. The topological polar surface area (TPSA) is 120 Å². The van der Waals surface area contributed by atoms with Gasteiger partial charge >= 0.3 is 5.97 Å². The Kier molecular flexibility index (Phi) is 8.61. The molecule has 0 radical (unpaired) electrons. The van der Waals surface area contributed by atoms with Crippen molar-refractivity contribution >= 4 is 40.5 Å². The molecule has 5 aromatic rings. The van der Waals surface area contributed by atoms with Gasteiger partial charge in [0.2, 0.25) is 5.95 Å². The van der Waals surface area contributed by atoms with Crippen LogP contribution in [-0.4, -0.2) is 44.9 Å². The second kappa shape index (κ2) is 12.7. The van der Waals surface area contributed by atoms with Crippen molar-refractivity contribution in [1.82, 2.24) is 24.6 Å². The number of anilines is 2. The number of benzene rings is 3. The van der Waals surface area contributed by atoms with Gasteiger partial charge in [0.05, 0.1) is 24.7 Å². The van der Waals surface area contributed by atoms with Gasteiger partial charge in [-0.1, -0.05) is 24.3 Å². The number of methoxy groups -OCH3 is 1. The van der Waals surface area contributed by atoms with Crippen LogP contribution in [0.4, 0.5) is 20.4 Å². The fourth-order valence-corrected chi connectivity index (χ4v) is 4.60. The van der Waals surface area contributed by atoms with E-state index in [1.807, 2.05) is 24.3 Å². The van der Waals surface area contributed by atoms with Gasteiger partial charge in [-0.2, -0.15) is 0 Å². The molecule has 3 aromatic carbocycles. The molecule has 10 nitrogen and oxygen atoms in total. The molecule has 0 fully saturated rings. The maximum absolute atomic E-state index is 13.6. The van der Waals surface area contributed by atoms with Crippen molar-refractivity contribution in [3.8, 4) is 0 Å². The molecule has 2 N–H and O–H groups in total. The van der Waals surface area contributed by atoms with Crippen LogP contribution >= 0.6 is 0 Å². The molecule has 0 aliphatic rings. The first-order valence-electron chi connectivity index (χ1n) is 13.5. The largest absolute Gasteiger partial charge is 0.465 e. The lowest BCUT2D eigenvalue weighted by Gasteiger charge is -2.08. The van der Waals surface area contributed by atoms with Gasteiger partial charge in [0.25, 0.3) is 11.5 Å². The van der Waals surface area contributed by atoms with Crippen molar-refractivity contribution in [2.45, 2.75) is 13.5 Å². The third-order valence-electron chi connectivity index (χ3n) is 7.06. The minimum Gasteiger partial charge on any atom is -0.465 e. The highest BCUT2D eigenvalue weighted by molar-refractivity contribution is 5.95. The molecular formula is C32H28F2N6O4. The van der Waals surface area contributed by atoms with E-state index in [-0.39, 0.29) is 18.7 Å². The number of hydrogen-bond acceptors (Lipinski definition) is 7. The summed E-state index contributed by atoms with van der Waals surface area (Å²) in [4.78, 5) is 46.4. The van der Waals surface area contributed by atoms with E-state index < -0.39 is 29.1 Å². The summed E-state index contributed by atoms with van der Waals surface area (Å²) in [6.45, 7) is 1.79. The molecule has 1 amide bonds. The van der Waals surface area contributed by atoms with Crippen molar-refractivity contribution in [2.75, 3.05) is 19.0 Å². The highest BCUT2D eigenvalue weighted by Gasteiger charge is 2.21. The Balaban J connectivity index is 1.21. The first kappa shape index (κ1) is 29.8. The first-order chi connectivity index (χ1) is 21.1. The molecule has 2 heterocycles. The third-order valence-corrected chi connectivity index (χ3v) is 7.06. The van der Waals surface area contributed by atoms with Gasteiger partial charge in [-0.25, -0.2) is 28.2 Å². The highest BCUT2D eigenvalue weighted by atomic mass is 19.2. The summed E-state index contributed by atoms with van der Waals surface area (Å²) in [5.41, 5.74) is 3.02. The van der Waals surface area contributed by atoms with Gasteiger partial charge < -0.3 is 15.4 Å². The minimum absolute atomic E-state index is 0.0184. The Hall–Kier alpha value is -5.65. The van der Waals surface area contributed by atoms with E-state index in [1.165, 1.54) is 22.5 Å². The summed E-state index contributed by atoms with van der Waals surface area (Å²) >= 11 is 0. The number of esters is 1. The van der Waals surface area contributed by atoms with Crippen molar-refractivity contribution in [1.29, 1.82) is 0 Å². The smallest absolute Gasteiger partial charge is 0.337 e. The molecule has 0 saturated heterocycles. The quantitative estimate of drug-likeness (QED) is 0.235. The lowest BCUT2D eigenvalue weighted by molar-refractivity contribution is 0.0600. The van der Waals surface area contributed by atoms with Crippen LogP contribution < -0.4 is 16.2 Å². The average Bonchev–Trinajstić information content (AvgIpc) is 3.23. The number of hydrogen-bond donors (Lipinski definition) is 2. The molecule has 0 saturated carbocycles. The van der Waals surface area contributed by atoms with E-state index in [2.05, 4.69) is 20.6 Å². The number of nitrogens with zero attached hydrogens (tertiary/aromatic N) is 4. The predicted molar refractivity (Wildman–Crippen MR) is 162 cm³/mol. The SMILES string of the molecule is COC(=O)c1ccc(Nc2ncc3cc(/C=C/CNC(=O)c4c(C)n(C)n(Cc5ccc(F)c(F)c5)c4=O)ccc3n2)cc1. The number of nitrogens with one attached hydrogen (secondary N) is 2. The second-order valence-corrected chi connectivity index (χ2v) is 9.91. The van der Waals surface area contributed by atoms with E-state index in [0.29, 0.717) is 28.5 Å². The van der Waals surface area contributed by atoms with Crippen molar-refractivity contribution < 1.29 is 23.1 Å². The summed E-state index contributed by atoms with van der Waals surface area (Å²) in [5, 5.41) is 6.65. The fourth-order valence-electron chi connectivity index (χ4n) is 4.60. The molecule has 0 aliphatic heterocycles. The van der Waals surface area contributed by atoms with Crippen LogP contribution in [0.25, 0.3) is 17.0 Å². The van der Waals surface area contributed by atoms with E-state index in [0.717, 1.165) is 28.6 Å². The molecule has 2 aromatic heterocycles. The molecule has 224 valence electrons. The summed E-state index contributed by atoms with van der Waals surface area (Å²) < 4.78 is 34.5. The van der Waals surface area contributed by atoms with Crippen LogP contribution in [0.15, 0.2) is 77.7 Å². The lowest BCUT2D eigenvalue weighted by atomic mass is 10.1. The van der Waals surface area contributed by atoms with E-state index in [4.69, 9.17) is 4.74 Å². The van der Waals surface area contributed by atoms with Crippen molar-refractivity contribution in [2.24, 2.45) is 7.05 Å². The second-order valence-electron chi connectivity index (χ2n) is 9.91. The summed E-state index contributed by atoms with van der Waals surface area (Å²) in [6.07, 6.45) is 5.27. The summed E-state index contributed by atoms with van der Waals surface area (Å²) in [7, 11) is 2.95. The van der Waals surface area contributed by atoms with Crippen molar-refractivity contribution in [3.05, 3.63) is 123 Å². The zero-order valence-corrected chi connectivity index (χ0v) is 24.1. The van der Waals surface area contributed by atoms with Crippen LogP contribution in [0.1, 0.15) is 37.5 Å². The van der Waals surface area contributed by atoms with Gasteiger partial charge in [-0.15, -0.1) is 0 Å². The zero-order chi connectivity index (χ0) is 31.4. The Labute approximate surface area is 250 Å². The standard InChI is InChI=1S/C32H28F2N6O4/c1-19-28(30(42)40(39(19)2)18-21-6-12-25(33)26(34)16-21)29(41)35-14-4-5-20-7-13-27-23(15-20)17-36-32(38-27)37-24-10-8-22(9-11-24)31(43)44-3/h4-13,15-17H,14,18H2,1-3H3,(H,35,41)(H,36,37,38)/b5-4+. The highest BCUT2D eigenvalue weighted by Crippen LogP contribution is 2.19. The lowest BCUT2D eigenvalue weighted by Crippen LogP contribution is -2.31. The number of aromatic nitrogens is 4. The van der Waals surface area contributed by atoms with Crippen LogP contribution in [0.3, 0.4) is 0 Å². The Morgan fingerprint density at radius 1 is 1.02 bits per heavy atom. The molecule has 0 bridgehead atoms. The van der Waals surface area contributed by atoms with Gasteiger partial charge in [0, 0.05) is 36.6 Å². The van der Waals surface area contributed by atoms with Gasteiger partial charge in [0.1, 0.15) is 5.56 Å². The number of carbonyl (C=O) groups is 2. The Morgan fingerprint density at radius 3 is 2.52 bits per heavy atom. The van der Waals surface area contributed by atoms with Crippen LogP contribution in [0.5, 0.6) is 0 Å². The maximum atomic E-state index is 13.6. The molecule has 0 spiro atoms. The van der Waals surface area contributed by atoms with Crippen molar-refractivity contribution in [3.63, 3.8) is 0 Å². The van der Waals surface area contributed by atoms with Gasteiger partial charge in [-0.3, -0.25) is 14.3 Å². The fraction of sp³-hybridized carbons (Fsp3) is 0.156. The normalized spacial score (nSPS) is 11.2. The molecular weight excluding hydrogens is 570 g/mol. The number of ether oxygens (including phenoxy) is 1. The Morgan fingerprint density at radius 2 is 1.80 bits per heavy atom. The van der Waals surface area contributed by atoms with Crippen LogP contribution in [-0.2, 0) is 18.3 Å². The number of amides is 1. The van der Waals surface area contributed by atoms with Crippen LogP contribution in [0.2, 0.25) is 0 Å². The molecule has 44 heavy (non-hydrogen) atoms. The van der Waals surface area contributed by atoms with Gasteiger partial charge in [-0.05, 0) is 66.6 Å². The molecule has 5 rings (SSSR count). The molecule has 0 atom stereocenters. The van der Waals surface area contributed by atoms with E-state index in [9.17, 15) is 23.2 Å².